The third-order valence-corrected chi connectivity index (χ3v) is 4.25. The van der Waals surface area contributed by atoms with E-state index < -0.39 is 5.91 Å². The molecule has 0 unspecified atom stereocenters. The van der Waals surface area contributed by atoms with E-state index in [0.717, 1.165) is 0 Å². The predicted molar refractivity (Wildman–Crippen MR) is 98.7 cm³/mol. The van der Waals surface area contributed by atoms with Crippen LogP contribution in [0.2, 0.25) is 0 Å². The molecular weight excluding hydrogens is 440 g/mol. The van der Waals surface area contributed by atoms with E-state index in [1.807, 2.05) is 6.07 Å². The Hall–Kier alpha value is -2.30. The quantitative estimate of drug-likeness (QED) is 0.530. The van der Waals surface area contributed by atoms with Gasteiger partial charge in [-0.2, -0.15) is 5.26 Å². The second kappa shape index (κ2) is 7.99. The van der Waals surface area contributed by atoms with Gasteiger partial charge in [0.05, 0.1) is 16.1 Å². The average Bonchev–Trinajstić information content (AvgIpc) is 2.57. The number of carbonyl (C=O) groups excluding carboxylic acids is 1. The van der Waals surface area contributed by atoms with Crippen molar-refractivity contribution in [2.75, 3.05) is 12.4 Å². The van der Waals surface area contributed by atoms with Crippen LogP contribution in [0.4, 0.5) is 5.69 Å². The molecule has 0 atom stereocenters. The first kappa shape index (κ1) is 18.0. The Labute approximate surface area is 155 Å². The number of amides is 1. The van der Waals surface area contributed by atoms with Crippen molar-refractivity contribution in [1.82, 2.24) is 0 Å². The molecule has 1 amide bonds. The van der Waals surface area contributed by atoms with Crippen molar-refractivity contribution in [1.29, 1.82) is 5.26 Å². The molecule has 7 heteroatoms. The number of ether oxygens (including phenoxy) is 1. The van der Waals surface area contributed by atoms with E-state index >= 15 is 0 Å². The molecule has 0 aliphatic carbocycles. The molecule has 0 fully saturated rings. The molecular formula is C17H12Br2N2O3. The predicted octanol–water partition coefficient (Wildman–Crippen LogP) is 4.47. The van der Waals surface area contributed by atoms with Gasteiger partial charge < -0.3 is 15.2 Å². The summed E-state index contributed by atoms with van der Waals surface area (Å²) in [5, 5.41) is 21.6. The maximum Gasteiger partial charge on any atom is 0.266 e. The summed E-state index contributed by atoms with van der Waals surface area (Å²) < 4.78 is 6.00. The second-order valence-corrected chi connectivity index (χ2v) is 6.40. The molecule has 0 spiro atoms. The van der Waals surface area contributed by atoms with Crippen LogP contribution in [0.5, 0.6) is 11.5 Å². The Morgan fingerprint density at radius 1 is 1.29 bits per heavy atom. The number of nitrogens with zero attached hydrogens (tertiary/aromatic N) is 1. The maximum atomic E-state index is 12.3. The third kappa shape index (κ3) is 4.37. The van der Waals surface area contributed by atoms with Gasteiger partial charge in [0.15, 0.2) is 0 Å². The maximum absolute atomic E-state index is 12.3. The number of benzene rings is 2. The van der Waals surface area contributed by atoms with Gasteiger partial charge in [-0.25, -0.2) is 0 Å². The van der Waals surface area contributed by atoms with Gasteiger partial charge in [-0.3, -0.25) is 4.79 Å². The van der Waals surface area contributed by atoms with E-state index in [0.29, 0.717) is 25.9 Å². The average molecular weight is 452 g/mol. The normalized spacial score (nSPS) is 10.8. The zero-order valence-electron chi connectivity index (χ0n) is 12.5. The van der Waals surface area contributed by atoms with E-state index in [2.05, 4.69) is 37.2 Å². The van der Waals surface area contributed by atoms with Crippen LogP contribution in [0, 0.1) is 11.3 Å². The molecule has 2 N–H and O–H groups in total. The first-order valence-electron chi connectivity index (χ1n) is 6.70. The molecule has 2 rings (SSSR count). The van der Waals surface area contributed by atoms with Crippen molar-refractivity contribution in [2.24, 2.45) is 0 Å². The highest BCUT2D eigenvalue weighted by Crippen LogP contribution is 2.34. The van der Waals surface area contributed by atoms with E-state index in [1.54, 1.807) is 36.4 Å². The van der Waals surface area contributed by atoms with Crippen LogP contribution in [-0.2, 0) is 4.79 Å². The number of halogens is 2. The number of hydrogen-bond donors (Lipinski definition) is 2. The number of carbonyl (C=O) groups is 1. The molecule has 0 bridgehead atoms. The van der Waals surface area contributed by atoms with Crippen LogP contribution in [-0.4, -0.2) is 18.1 Å². The summed E-state index contributed by atoms with van der Waals surface area (Å²) in [6.45, 7) is 0. The number of phenols is 1. The van der Waals surface area contributed by atoms with E-state index in [-0.39, 0.29) is 11.3 Å². The zero-order chi connectivity index (χ0) is 17.7. The monoisotopic (exact) mass is 450 g/mol. The smallest absolute Gasteiger partial charge is 0.266 e. The third-order valence-electron chi connectivity index (χ3n) is 3.04. The van der Waals surface area contributed by atoms with Crippen LogP contribution in [0.25, 0.3) is 6.08 Å². The first-order valence-corrected chi connectivity index (χ1v) is 8.28. The fourth-order valence-electron chi connectivity index (χ4n) is 1.88. The summed E-state index contributed by atoms with van der Waals surface area (Å²) in [7, 11) is 1.53. The minimum atomic E-state index is -0.536. The SMILES string of the molecule is COc1cccc(NC(=O)/C(C#N)=C/c2cc(Br)c(O)c(Br)c2)c1. The largest absolute Gasteiger partial charge is 0.506 e. The molecule has 0 aliphatic rings. The van der Waals surface area contributed by atoms with Crippen LogP contribution in [0.1, 0.15) is 5.56 Å². The lowest BCUT2D eigenvalue weighted by Gasteiger charge is -2.07. The number of aromatic hydroxyl groups is 1. The van der Waals surface area contributed by atoms with Gasteiger partial charge in [0.2, 0.25) is 0 Å². The molecule has 24 heavy (non-hydrogen) atoms. The lowest BCUT2D eigenvalue weighted by Crippen LogP contribution is -2.13. The number of hydrogen-bond acceptors (Lipinski definition) is 4. The van der Waals surface area contributed by atoms with E-state index in [9.17, 15) is 15.2 Å². The molecule has 0 aromatic heterocycles. The Kier molecular flexibility index (Phi) is 6.01. The Bertz CT molecular complexity index is 834. The molecule has 2 aromatic rings. The molecule has 0 saturated heterocycles. The highest BCUT2D eigenvalue weighted by molar-refractivity contribution is 9.11. The summed E-state index contributed by atoms with van der Waals surface area (Å²) in [6.07, 6.45) is 1.43. The summed E-state index contributed by atoms with van der Waals surface area (Å²) in [4.78, 5) is 12.3. The minimum Gasteiger partial charge on any atom is -0.506 e. The Balaban J connectivity index is 2.27. The zero-order valence-corrected chi connectivity index (χ0v) is 15.7. The van der Waals surface area contributed by atoms with Crippen molar-refractivity contribution in [3.63, 3.8) is 0 Å². The van der Waals surface area contributed by atoms with Gasteiger partial charge in [-0.1, -0.05) is 6.07 Å². The van der Waals surface area contributed by atoms with Gasteiger partial charge >= 0.3 is 0 Å². The fraction of sp³-hybridized carbons (Fsp3) is 0.0588. The van der Waals surface area contributed by atoms with Gasteiger partial charge in [-0.15, -0.1) is 0 Å². The highest BCUT2D eigenvalue weighted by atomic mass is 79.9. The van der Waals surface area contributed by atoms with Crippen LogP contribution in [0.15, 0.2) is 50.9 Å². The molecule has 122 valence electrons. The van der Waals surface area contributed by atoms with Gasteiger partial charge in [0.25, 0.3) is 5.91 Å². The molecule has 2 aromatic carbocycles. The van der Waals surface area contributed by atoms with Crippen molar-refractivity contribution >= 4 is 49.5 Å². The summed E-state index contributed by atoms with van der Waals surface area (Å²) >= 11 is 6.42. The van der Waals surface area contributed by atoms with E-state index in [1.165, 1.54) is 13.2 Å². The van der Waals surface area contributed by atoms with Crippen LogP contribution >= 0.6 is 31.9 Å². The highest BCUT2D eigenvalue weighted by Gasteiger charge is 2.11. The summed E-state index contributed by atoms with van der Waals surface area (Å²) in [5.41, 5.74) is 1.04. The van der Waals surface area contributed by atoms with Crippen LogP contribution < -0.4 is 10.1 Å². The van der Waals surface area contributed by atoms with Crippen molar-refractivity contribution < 1.29 is 14.6 Å². The summed E-state index contributed by atoms with van der Waals surface area (Å²) in [5.74, 6) is 0.110. The number of methoxy groups -OCH3 is 1. The second-order valence-electron chi connectivity index (χ2n) is 4.69. The Morgan fingerprint density at radius 3 is 2.54 bits per heavy atom. The summed E-state index contributed by atoms with van der Waals surface area (Å²) in [6, 6.07) is 11.9. The molecule has 0 aliphatic heterocycles. The first-order chi connectivity index (χ1) is 11.4. The number of anilines is 1. The lowest BCUT2D eigenvalue weighted by atomic mass is 10.1. The topological polar surface area (TPSA) is 82.3 Å². The lowest BCUT2D eigenvalue weighted by molar-refractivity contribution is -0.112. The number of nitrogens with one attached hydrogen (secondary N) is 1. The van der Waals surface area contributed by atoms with Crippen molar-refractivity contribution in [3.8, 4) is 17.6 Å². The molecule has 0 radical (unpaired) electrons. The van der Waals surface area contributed by atoms with Gasteiger partial charge in [-0.05, 0) is 67.8 Å². The number of rotatable bonds is 4. The molecule has 5 nitrogen and oxygen atoms in total. The number of phenolic OH excluding ortho intramolecular Hbond substituents is 1. The Morgan fingerprint density at radius 2 is 1.96 bits per heavy atom. The standard InChI is InChI=1S/C17H12Br2N2O3/c1-24-13-4-2-3-12(8-13)21-17(23)11(9-20)5-10-6-14(18)16(22)15(19)7-10/h2-8,22H,1H3,(H,21,23)/b11-5+. The van der Waals surface area contributed by atoms with Gasteiger partial charge in [0.1, 0.15) is 23.1 Å². The molecule has 0 saturated carbocycles. The molecule has 0 heterocycles. The van der Waals surface area contributed by atoms with E-state index in [4.69, 9.17) is 4.74 Å². The van der Waals surface area contributed by atoms with Crippen molar-refractivity contribution in [2.45, 2.75) is 0 Å². The van der Waals surface area contributed by atoms with Gasteiger partial charge in [0, 0.05) is 11.8 Å². The van der Waals surface area contributed by atoms with Crippen molar-refractivity contribution in [3.05, 3.63) is 56.5 Å². The number of nitriles is 1. The minimum absolute atomic E-state index is 0.0477. The van der Waals surface area contributed by atoms with Crippen LogP contribution in [0.3, 0.4) is 0 Å². The fourth-order valence-corrected chi connectivity index (χ4v) is 3.10.